The number of aromatic nitrogens is 1. The van der Waals surface area contributed by atoms with Gasteiger partial charge in [0.2, 0.25) is 0 Å². The lowest BCUT2D eigenvalue weighted by atomic mass is 10.2. The molecule has 54 valence electrons. The standard InChI is InChI=1S/C8H13NSi/c1-5-4-9-7(3)6(2)8(5)10/h4H,1-3,10H3. The molecular weight excluding hydrogens is 138 g/mol. The van der Waals surface area contributed by atoms with Crippen LogP contribution in [-0.4, -0.2) is 15.2 Å². The van der Waals surface area contributed by atoms with Crippen LogP contribution in [0, 0.1) is 20.8 Å². The summed E-state index contributed by atoms with van der Waals surface area (Å²) < 4.78 is 0. The molecule has 1 rings (SSSR count). The number of hydrogen-bond donors (Lipinski definition) is 0. The molecule has 0 spiro atoms. The Hall–Kier alpha value is -0.633. The third kappa shape index (κ3) is 1.11. The van der Waals surface area contributed by atoms with E-state index < -0.39 is 0 Å². The third-order valence-corrected chi connectivity index (χ3v) is 3.69. The molecule has 0 aliphatic rings. The Balaban J connectivity index is 3.34. The molecule has 1 aromatic heterocycles. The topological polar surface area (TPSA) is 12.9 Å². The van der Waals surface area contributed by atoms with Crippen LogP contribution in [0.4, 0.5) is 0 Å². The molecular formula is C8H13NSi. The summed E-state index contributed by atoms with van der Waals surface area (Å²) in [6.45, 7) is 6.34. The van der Waals surface area contributed by atoms with E-state index in [2.05, 4.69) is 25.8 Å². The molecule has 0 saturated heterocycles. The highest BCUT2D eigenvalue weighted by Gasteiger charge is 1.98. The molecule has 0 atom stereocenters. The minimum absolute atomic E-state index is 1.14. The van der Waals surface area contributed by atoms with Gasteiger partial charge < -0.3 is 0 Å². The van der Waals surface area contributed by atoms with E-state index in [0.717, 1.165) is 10.2 Å². The summed E-state index contributed by atoms with van der Waals surface area (Å²) in [4.78, 5) is 4.26. The number of nitrogens with zero attached hydrogens (tertiary/aromatic N) is 1. The molecule has 0 aliphatic carbocycles. The monoisotopic (exact) mass is 151 g/mol. The van der Waals surface area contributed by atoms with Gasteiger partial charge >= 0.3 is 0 Å². The normalized spacial score (nSPS) is 10.3. The summed E-state index contributed by atoms with van der Waals surface area (Å²) in [5.41, 5.74) is 3.90. The first-order chi connectivity index (χ1) is 4.63. The third-order valence-electron chi connectivity index (χ3n) is 2.15. The molecule has 0 amide bonds. The highest BCUT2D eigenvalue weighted by Crippen LogP contribution is 2.00. The minimum atomic E-state index is 1.14. The van der Waals surface area contributed by atoms with Gasteiger partial charge in [0.05, 0.1) is 0 Å². The van der Waals surface area contributed by atoms with Gasteiger partial charge in [-0.3, -0.25) is 4.98 Å². The zero-order chi connectivity index (χ0) is 7.72. The molecule has 0 N–H and O–H groups in total. The second-order valence-corrected chi connectivity index (χ2v) is 3.78. The first kappa shape index (κ1) is 7.47. The Morgan fingerprint density at radius 3 is 2.40 bits per heavy atom. The van der Waals surface area contributed by atoms with Crippen molar-refractivity contribution in [3.8, 4) is 0 Å². The van der Waals surface area contributed by atoms with E-state index in [1.165, 1.54) is 22.0 Å². The van der Waals surface area contributed by atoms with Gasteiger partial charge in [-0.05, 0) is 31.9 Å². The van der Waals surface area contributed by atoms with Crippen LogP contribution in [0.5, 0.6) is 0 Å². The SMILES string of the molecule is Cc1cnc(C)c(C)c1[SiH3]. The fraction of sp³-hybridized carbons (Fsp3) is 0.375. The fourth-order valence-electron chi connectivity index (χ4n) is 0.954. The van der Waals surface area contributed by atoms with Crippen LogP contribution >= 0.6 is 0 Å². The van der Waals surface area contributed by atoms with E-state index in [1.807, 2.05) is 6.20 Å². The van der Waals surface area contributed by atoms with Gasteiger partial charge in [0, 0.05) is 22.1 Å². The van der Waals surface area contributed by atoms with Gasteiger partial charge in [-0.1, -0.05) is 5.19 Å². The van der Waals surface area contributed by atoms with Gasteiger partial charge in [0.15, 0.2) is 0 Å². The maximum Gasteiger partial charge on any atom is 0.0400 e. The second kappa shape index (κ2) is 2.54. The minimum Gasteiger partial charge on any atom is -0.261 e. The van der Waals surface area contributed by atoms with Gasteiger partial charge in [-0.25, -0.2) is 0 Å². The lowest BCUT2D eigenvalue weighted by molar-refractivity contribution is 1.14. The van der Waals surface area contributed by atoms with Crippen LogP contribution in [0.2, 0.25) is 0 Å². The first-order valence-electron chi connectivity index (χ1n) is 3.52. The fourth-order valence-corrected chi connectivity index (χ4v) is 1.45. The Morgan fingerprint density at radius 1 is 1.30 bits per heavy atom. The van der Waals surface area contributed by atoms with E-state index in [4.69, 9.17) is 0 Å². The molecule has 0 radical (unpaired) electrons. The van der Waals surface area contributed by atoms with Crippen molar-refractivity contribution < 1.29 is 0 Å². The van der Waals surface area contributed by atoms with Gasteiger partial charge in [-0.2, -0.15) is 0 Å². The van der Waals surface area contributed by atoms with E-state index in [-0.39, 0.29) is 0 Å². The Kier molecular flexibility index (Phi) is 1.90. The van der Waals surface area contributed by atoms with Crippen molar-refractivity contribution in [2.45, 2.75) is 20.8 Å². The van der Waals surface area contributed by atoms with Crippen molar-refractivity contribution >= 4 is 15.4 Å². The average molecular weight is 151 g/mol. The lowest BCUT2D eigenvalue weighted by Crippen LogP contribution is -2.13. The maximum atomic E-state index is 4.26. The van der Waals surface area contributed by atoms with Crippen LogP contribution in [0.25, 0.3) is 0 Å². The van der Waals surface area contributed by atoms with Crippen molar-refractivity contribution in [2.24, 2.45) is 0 Å². The molecule has 10 heavy (non-hydrogen) atoms. The smallest absolute Gasteiger partial charge is 0.0400 e. The van der Waals surface area contributed by atoms with Crippen LogP contribution < -0.4 is 5.19 Å². The number of hydrogen-bond acceptors (Lipinski definition) is 1. The molecule has 1 nitrogen and oxygen atoms in total. The van der Waals surface area contributed by atoms with Gasteiger partial charge in [0.1, 0.15) is 0 Å². The molecule has 0 bridgehead atoms. The molecule has 0 fully saturated rings. The Labute approximate surface area is 64.9 Å². The van der Waals surface area contributed by atoms with Crippen LogP contribution in [-0.2, 0) is 0 Å². The highest BCUT2D eigenvalue weighted by molar-refractivity contribution is 6.34. The predicted octanol–water partition coefficient (Wildman–Crippen LogP) is -0.00244. The van der Waals surface area contributed by atoms with Crippen LogP contribution in [0.1, 0.15) is 16.8 Å². The van der Waals surface area contributed by atoms with E-state index >= 15 is 0 Å². The van der Waals surface area contributed by atoms with E-state index in [1.54, 1.807) is 0 Å². The zero-order valence-corrected chi connectivity index (χ0v) is 9.02. The van der Waals surface area contributed by atoms with E-state index in [9.17, 15) is 0 Å². The lowest BCUT2D eigenvalue weighted by Gasteiger charge is -2.05. The maximum absolute atomic E-state index is 4.26. The van der Waals surface area contributed by atoms with Gasteiger partial charge in [0.25, 0.3) is 0 Å². The second-order valence-electron chi connectivity index (χ2n) is 2.78. The molecule has 0 unspecified atom stereocenters. The molecule has 0 aliphatic heterocycles. The summed E-state index contributed by atoms with van der Waals surface area (Å²) in [5, 5.41) is 1.51. The largest absolute Gasteiger partial charge is 0.261 e. The summed E-state index contributed by atoms with van der Waals surface area (Å²) in [6.07, 6.45) is 1.96. The van der Waals surface area contributed by atoms with E-state index in [0.29, 0.717) is 0 Å². The number of aryl methyl sites for hydroxylation is 2. The molecule has 1 heterocycles. The first-order valence-corrected chi connectivity index (χ1v) is 4.52. The molecule has 0 saturated carbocycles. The average Bonchev–Trinajstić information content (AvgIpc) is 1.93. The number of rotatable bonds is 0. The molecule has 1 aromatic rings. The molecule has 2 heteroatoms. The van der Waals surface area contributed by atoms with Crippen molar-refractivity contribution in [3.63, 3.8) is 0 Å². The van der Waals surface area contributed by atoms with Gasteiger partial charge in [-0.15, -0.1) is 0 Å². The van der Waals surface area contributed by atoms with Crippen LogP contribution in [0.3, 0.4) is 0 Å². The Morgan fingerprint density at radius 2 is 1.90 bits per heavy atom. The highest BCUT2D eigenvalue weighted by atomic mass is 28.1. The van der Waals surface area contributed by atoms with Crippen LogP contribution in [0.15, 0.2) is 6.20 Å². The van der Waals surface area contributed by atoms with Crippen molar-refractivity contribution in [1.29, 1.82) is 0 Å². The predicted molar refractivity (Wildman–Crippen MR) is 48.0 cm³/mol. The quantitative estimate of drug-likeness (QED) is 0.476. The summed E-state index contributed by atoms with van der Waals surface area (Å²) in [6, 6.07) is 0. The summed E-state index contributed by atoms with van der Waals surface area (Å²) >= 11 is 0. The molecule has 0 aromatic carbocycles. The van der Waals surface area contributed by atoms with Crippen molar-refractivity contribution in [1.82, 2.24) is 4.98 Å². The summed E-state index contributed by atoms with van der Waals surface area (Å²) in [7, 11) is 1.14. The number of pyridine rings is 1. The van der Waals surface area contributed by atoms with Crippen molar-refractivity contribution in [3.05, 3.63) is 23.0 Å². The Bertz CT molecular complexity index is 229. The van der Waals surface area contributed by atoms with Crippen molar-refractivity contribution in [2.75, 3.05) is 0 Å². The summed E-state index contributed by atoms with van der Waals surface area (Å²) in [5.74, 6) is 0. The zero-order valence-electron chi connectivity index (χ0n) is 7.02.